The highest BCUT2D eigenvalue weighted by molar-refractivity contribution is 9.10. The first-order chi connectivity index (χ1) is 17.0. The van der Waals surface area contributed by atoms with Crippen molar-refractivity contribution in [3.63, 3.8) is 0 Å². The summed E-state index contributed by atoms with van der Waals surface area (Å²) in [4.78, 5) is 28.8. The Bertz CT molecular complexity index is 1360. The molecule has 9 heteroatoms. The predicted molar refractivity (Wildman–Crippen MR) is 146 cm³/mol. The van der Waals surface area contributed by atoms with Crippen LogP contribution in [0.5, 0.6) is 0 Å². The lowest BCUT2D eigenvalue weighted by Gasteiger charge is -2.29. The highest BCUT2D eigenvalue weighted by Gasteiger charge is 2.19. The number of hydrogen-bond donors (Lipinski definition) is 2. The number of nitrogens with zero attached hydrogens (tertiary/aromatic N) is 4. The van der Waals surface area contributed by atoms with Crippen molar-refractivity contribution in [2.24, 2.45) is 0 Å². The monoisotopic (exact) mass is 546 g/mol. The molecule has 0 fully saturated rings. The van der Waals surface area contributed by atoms with Crippen molar-refractivity contribution in [1.29, 1.82) is 0 Å². The molecule has 1 aliphatic carbocycles. The summed E-state index contributed by atoms with van der Waals surface area (Å²) in [5.41, 5.74) is 4.97. The summed E-state index contributed by atoms with van der Waals surface area (Å²) in [7, 11) is 0. The van der Waals surface area contributed by atoms with Crippen LogP contribution in [0.3, 0.4) is 0 Å². The van der Waals surface area contributed by atoms with Gasteiger partial charge in [-0.05, 0) is 53.5 Å². The van der Waals surface area contributed by atoms with Crippen molar-refractivity contribution in [3.8, 4) is 0 Å². The third-order valence-electron chi connectivity index (χ3n) is 5.87. The molecule has 0 bridgehead atoms. The largest absolute Gasteiger partial charge is 0.336 e. The lowest BCUT2D eigenvalue weighted by atomic mass is 10.0. The standard InChI is InChI=1S/C26H23BrN6OS/c27-20-9-8-19-15-33(11-10-17(19)12-20)26-29-16-28-25(32-26)31-22-6-3-5-21(14-22)30-24(34)13-18-4-1-2-7-23(18)35/h1-6,8-9,12,14,16H,7,10-11,13,15H2,(H,30,34)(H,28,29,31,32). The Morgan fingerprint density at radius 2 is 2.00 bits per heavy atom. The van der Waals surface area contributed by atoms with Gasteiger partial charge in [-0.1, -0.05) is 58.5 Å². The van der Waals surface area contributed by atoms with Crippen molar-refractivity contribution in [2.75, 3.05) is 22.1 Å². The lowest BCUT2D eigenvalue weighted by molar-refractivity contribution is -0.115. The summed E-state index contributed by atoms with van der Waals surface area (Å²) in [5.74, 6) is 0.974. The fourth-order valence-electron chi connectivity index (χ4n) is 4.12. The highest BCUT2D eigenvalue weighted by Crippen LogP contribution is 2.26. The number of fused-ring (bicyclic) bond motifs is 1. The van der Waals surface area contributed by atoms with E-state index in [0.717, 1.165) is 40.1 Å². The van der Waals surface area contributed by atoms with Crippen LogP contribution in [0.4, 0.5) is 23.3 Å². The number of anilines is 4. The Morgan fingerprint density at radius 3 is 2.89 bits per heavy atom. The summed E-state index contributed by atoms with van der Waals surface area (Å²) in [6, 6.07) is 13.8. The van der Waals surface area contributed by atoms with Gasteiger partial charge in [0.2, 0.25) is 17.8 Å². The number of rotatable bonds is 6. The number of carbonyl (C=O) groups excluding carboxylic acids is 1. The quantitative estimate of drug-likeness (QED) is 0.393. The Labute approximate surface area is 217 Å². The lowest BCUT2D eigenvalue weighted by Crippen LogP contribution is -2.32. The van der Waals surface area contributed by atoms with E-state index >= 15 is 0 Å². The van der Waals surface area contributed by atoms with Crippen molar-refractivity contribution in [1.82, 2.24) is 15.0 Å². The molecule has 35 heavy (non-hydrogen) atoms. The van der Waals surface area contributed by atoms with Gasteiger partial charge in [-0.3, -0.25) is 4.79 Å². The molecule has 2 heterocycles. The Hall–Kier alpha value is -3.43. The third kappa shape index (κ3) is 5.80. The Kier molecular flexibility index (Phi) is 6.96. The molecule has 0 atom stereocenters. The molecule has 5 rings (SSSR count). The van der Waals surface area contributed by atoms with Gasteiger partial charge in [-0.25, -0.2) is 9.97 Å². The van der Waals surface area contributed by atoms with E-state index in [2.05, 4.69) is 64.6 Å². The molecule has 1 amide bonds. The first-order valence-electron chi connectivity index (χ1n) is 11.3. The average molecular weight is 547 g/mol. The molecule has 2 aliphatic rings. The van der Waals surface area contributed by atoms with Gasteiger partial charge in [-0.15, -0.1) is 0 Å². The van der Waals surface area contributed by atoms with Crippen LogP contribution in [-0.4, -0.2) is 32.3 Å². The number of thiocarbonyl (C=S) groups is 1. The minimum atomic E-state index is -0.106. The SMILES string of the molecule is O=C(CC1=CC=CCC1=S)Nc1cccc(Nc2ncnc(N3CCc4cc(Br)ccc4C3)n2)c1. The molecule has 0 spiro atoms. The predicted octanol–water partition coefficient (Wildman–Crippen LogP) is 5.53. The van der Waals surface area contributed by atoms with Crippen LogP contribution in [0.25, 0.3) is 0 Å². The molecule has 1 aromatic heterocycles. The number of benzene rings is 2. The van der Waals surface area contributed by atoms with Crippen LogP contribution in [0.1, 0.15) is 24.0 Å². The zero-order chi connectivity index (χ0) is 24.2. The van der Waals surface area contributed by atoms with E-state index in [-0.39, 0.29) is 12.3 Å². The van der Waals surface area contributed by atoms with Gasteiger partial charge in [0, 0.05) is 40.2 Å². The van der Waals surface area contributed by atoms with Crippen LogP contribution in [0.2, 0.25) is 0 Å². The van der Waals surface area contributed by atoms with E-state index in [0.29, 0.717) is 24.0 Å². The zero-order valence-corrected chi connectivity index (χ0v) is 21.3. The van der Waals surface area contributed by atoms with Crippen LogP contribution >= 0.6 is 28.1 Å². The maximum atomic E-state index is 12.5. The molecule has 1 aliphatic heterocycles. The van der Waals surface area contributed by atoms with Gasteiger partial charge in [0.25, 0.3) is 0 Å². The van der Waals surface area contributed by atoms with Crippen LogP contribution < -0.4 is 15.5 Å². The molecule has 0 radical (unpaired) electrons. The fourth-order valence-corrected chi connectivity index (χ4v) is 4.76. The molecule has 176 valence electrons. The summed E-state index contributed by atoms with van der Waals surface area (Å²) >= 11 is 8.90. The minimum absolute atomic E-state index is 0.106. The second-order valence-corrected chi connectivity index (χ2v) is 9.78. The topological polar surface area (TPSA) is 83.0 Å². The molecule has 2 aromatic carbocycles. The van der Waals surface area contributed by atoms with Gasteiger partial charge >= 0.3 is 0 Å². The average Bonchev–Trinajstić information content (AvgIpc) is 2.85. The van der Waals surface area contributed by atoms with E-state index in [1.54, 1.807) is 0 Å². The van der Waals surface area contributed by atoms with Gasteiger partial charge in [0.1, 0.15) is 6.33 Å². The van der Waals surface area contributed by atoms with E-state index < -0.39 is 0 Å². The first-order valence-corrected chi connectivity index (χ1v) is 12.5. The highest BCUT2D eigenvalue weighted by atomic mass is 79.9. The molecular weight excluding hydrogens is 524 g/mol. The van der Waals surface area contributed by atoms with Crippen molar-refractivity contribution < 1.29 is 4.79 Å². The van der Waals surface area contributed by atoms with E-state index in [4.69, 9.17) is 12.2 Å². The van der Waals surface area contributed by atoms with Crippen molar-refractivity contribution >= 4 is 62.2 Å². The smallest absolute Gasteiger partial charge is 0.232 e. The molecule has 0 unspecified atom stereocenters. The van der Waals surface area contributed by atoms with E-state index in [1.807, 2.05) is 42.5 Å². The summed E-state index contributed by atoms with van der Waals surface area (Å²) in [6.07, 6.45) is 9.26. The second-order valence-electron chi connectivity index (χ2n) is 8.37. The third-order valence-corrected chi connectivity index (χ3v) is 6.79. The Morgan fingerprint density at radius 1 is 1.11 bits per heavy atom. The summed E-state index contributed by atoms with van der Waals surface area (Å²) in [6.45, 7) is 1.59. The van der Waals surface area contributed by atoms with Crippen molar-refractivity contribution in [3.05, 3.63) is 88.2 Å². The molecule has 7 nitrogen and oxygen atoms in total. The first kappa shape index (κ1) is 23.3. The molecule has 2 N–H and O–H groups in total. The Balaban J connectivity index is 1.24. The molecule has 0 saturated carbocycles. The van der Waals surface area contributed by atoms with Crippen LogP contribution in [0.15, 0.2) is 77.1 Å². The number of nitrogens with one attached hydrogen (secondary N) is 2. The van der Waals surface area contributed by atoms with E-state index in [9.17, 15) is 4.79 Å². The van der Waals surface area contributed by atoms with Crippen LogP contribution in [0, 0.1) is 0 Å². The molecular formula is C26H23BrN6OS. The van der Waals surface area contributed by atoms with Crippen LogP contribution in [-0.2, 0) is 17.8 Å². The zero-order valence-electron chi connectivity index (χ0n) is 18.9. The minimum Gasteiger partial charge on any atom is -0.336 e. The number of aromatic nitrogens is 3. The second kappa shape index (κ2) is 10.5. The maximum Gasteiger partial charge on any atom is 0.232 e. The van der Waals surface area contributed by atoms with Crippen molar-refractivity contribution in [2.45, 2.75) is 25.8 Å². The number of hydrogen-bond acceptors (Lipinski definition) is 7. The number of amides is 1. The van der Waals surface area contributed by atoms with E-state index in [1.165, 1.54) is 17.5 Å². The van der Waals surface area contributed by atoms with Gasteiger partial charge in [0.05, 0.1) is 6.42 Å². The fraction of sp³-hybridized carbons (Fsp3) is 0.192. The number of halogens is 1. The number of allylic oxidation sites excluding steroid dienone is 3. The maximum absolute atomic E-state index is 12.5. The van der Waals surface area contributed by atoms with Gasteiger partial charge < -0.3 is 15.5 Å². The molecule has 3 aromatic rings. The van der Waals surface area contributed by atoms with Gasteiger partial charge in [-0.2, -0.15) is 4.98 Å². The summed E-state index contributed by atoms with van der Waals surface area (Å²) < 4.78 is 1.10. The molecule has 0 saturated heterocycles. The normalized spacial score (nSPS) is 14.8. The summed E-state index contributed by atoms with van der Waals surface area (Å²) in [5, 5.41) is 6.17. The van der Waals surface area contributed by atoms with Gasteiger partial charge in [0.15, 0.2) is 0 Å². The number of carbonyl (C=O) groups is 1.